The highest BCUT2D eigenvalue weighted by molar-refractivity contribution is 6.04. The molecule has 0 aliphatic carbocycles. The fourth-order valence-corrected chi connectivity index (χ4v) is 5.79. The van der Waals surface area contributed by atoms with Gasteiger partial charge in [0.15, 0.2) is 0 Å². The molecule has 0 radical (unpaired) electrons. The number of halogens is 3. The fourth-order valence-electron chi connectivity index (χ4n) is 5.79. The fraction of sp³-hybridized carbons (Fsp3) is 0.387. The monoisotopic (exact) mass is 630 g/mol. The second-order valence-corrected chi connectivity index (χ2v) is 11.0. The molecule has 6 rings (SSSR count). The van der Waals surface area contributed by atoms with Gasteiger partial charge in [0.1, 0.15) is 18.1 Å². The van der Waals surface area contributed by atoms with Crippen molar-refractivity contribution >= 4 is 34.6 Å². The molecule has 1 atom stereocenters. The maximum absolute atomic E-state index is 13.2. The molecule has 0 saturated carbocycles. The van der Waals surface area contributed by atoms with Crippen LogP contribution < -0.4 is 4.74 Å². The molecular formula is C31H33F3N4O7. The van der Waals surface area contributed by atoms with Crippen molar-refractivity contribution in [1.29, 1.82) is 0 Å². The maximum atomic E-state index is 13.2. The first-order chi connectivity index (χ1) is 21.3. The molecule has 3 aliphatic rings. The Balaban J connectivity index is 0.000000515. The standard InChI is InChI=1S/C29H32N4O5.C2HF3O2/c1-19(34)21-5-3-20(4-6-21)16-33-25-8-7-22(38-14-11-31-9-12-37-13-10-31)15-23(25)27-24-17-32(18-26(27)33)29(36)30(2)28(24)35;3-2(4,5)1(6)7/h3-8,15,24,34H,1,9-14,16-18H2,2H3;(H,6,7)/t24-;/m0./s1. The van der Waals surface area contributed by atoms with Crippen LogP contribution in [0.15, 0.2) is 49.0 Å². The Morgan fingerprint density at radius 3 is 2.38 bits per heavy atom. The van der Waals surface area contributed by atoms with E-state index in [-0.39, 0.29) is 17.7 Å². The van der Waals surface area contributed by atoms with E-state index in [4.69, 9.17) is 19.4 Å². The zero-order valence-corrected chi connectivity index (χ0v) is 24.5. The molecule has 3 aromatic rings. The number of benzene rings is 2. The molecule has 1 aromatic heterocycles. The van der Waals surface area contributed by atoms with Gasteiger partial charge in [-0.15, -0.1) is 0 Å². The predicted octanol–water partition coefficient (Wildman–Crippen LogP) is 4.05. The van der Waals surface area contributed by atoms with Gasteiger partial charge >= 0.3 is 18.2 Å². The van der Waals surface area contributed by atoms with Crippen molar-refractivity contribution in [3.8, 4) is 5.75 Å². The van der Waals surface area contributed by atoms with E-state index in [1.807, 2.05) is 36.4 Å². The van der Waals surface area contributed by atoms with Gasteiger partial charge < -0.3 is 29.2 Å². The van der Waals surface area contributed by atoms with E-state index in [2.05, 4.69) is 22.1 Å². The lowest BCUT2D eigenvalue weighted by Crippen LogP contribution is -2.56. The van der Waals surface area contributed by atoms with Crippen molar-refractivity contribution < 1.29 is 47.2 Å². The van der Waals surface area contributed by atoms with E-state index < -0.39 is 18.1 Å². The van der Waals surface area contributed by atoms with E-state index in [9.17, 15) is 27.9 Å². The van der Waals surface area contributed by atoms with E-state index >= 15 is 0 Å². The number of ether oxygens (including phenoxy) is 2. The Kier molecular flexibility index (Phi) is 9.07. The molecule has 11 nitrogen and oxygen atoms in total. The van der Waals surface area contributed by atoms with E-state index in [1.165, 1.54) is 4.90 Å². The summed E-state index contributed by atoms with van der Waals surface area (Å²) in [4.78, 5) is 40.3. The molecule has 2 N–H and O–H groups in total. The van der Waals surface area contributed by atoms with Gasteiger partial charge in [0.05, 0.1) is 25.7 Å². The number of carboxylic acid groups (broad SMARTS) is 1. The summed E-state index contributed by atoms with van der Waals surface area (Å²) in [5.41, 5.74) is 4.68. The summed E-state index contributed by atoms with van der Waals surface area (Å²) >= 11 is 0. The zero-order chi connectivity index (χ0) is 32.5. The molecule has 4 heterocycles. The summed E-state index contributed by atoms with van der Waals surface area (Å²) in [7, 11) is 1.56. The molecular weight excluding hydrogens is 597 g/mol. The second kappa shape index (κ2) is 12.8. The van der Waals surface area contributed by atoms with Crippen LogP contribution >= 0.6 is 0 Å². The Labute approximate surface area is 256 Å². The highest BCUT2D eigenvalue weighted by Gasteiger charge is 2.44. The lowest BCUT2D eigenvalue weighted by molar-refractivity contribution is -0.192. The Bertz CT molecular complexity index is 1610. The van der Waals surface area contributed by atoms with Gasteiger partial charge in [0.25, 0.3) is 0 Å². The van der Waals surface area contributed by atoms with Crippen molar-refractivity contribution in [1.82, 2.24) is 19.3 Å². The summed E-state index contributed by atoms with van der Waals surface area (Å²) < 4.78 is 45.5. The van der Waals surface area contributed by atoms with Crippen LogP contribution in [0.25, 0.3) is 16.7 Å². The third-order valence-corrected chi connectivity index (χ3v) is 8.11. The second-order valence-electron chi connectivity index (χ2n) is 11.0. The number of hydrogen-bond donors (Lipinski definition) is 2. The number of aliphatic hydroxyl groups is 1. The Morgan fingerprint density at radius 1 is 1.09 bits per heavy atom. The van der Waals surface area contributed by atoms with Gasteiger partial charge in [-0.1, -0.05) is 30.8 Å². The number of carbonyl (C=O) groups excluding carboxylic acids is 2. The number of aromatic nitrogens is 1. The number of aliphatic carboxylic acids is 1. The first-order valence-corrected chi connectivity index (χ1v) is 14.3. The summed E-state index contributed by atoms with van der Waals surface area (Å²) in [5.74, 6) is -2.54. The number of alkyl halides is 3. The molecule has 3 aliphatic heterocycles. The molecule has 14 heteroatoms. The highest BCUT2D eigenvalue weighted by atomic mass is 19.4. The summed E-state index contributed by atoms with van der Waals surface area (Å²) in [6.07, 6.45) is -5.08. The summed E-state index contributed by atoms with van der Waals surface area (Å²) in [6, 6.07) is 13.4. The number of fused-ring (bicyclic) bond motifs is 6. The normalized spacial score (nSPS) is 18.4. The third kappa shape index (κ3) is 6.76. The van der Waals surface area contributed by atoms with Crippen LogP contribution in [-0.2, 0) is 27.4 Å². The average molecular weight is 631 g/mol. The largest absolute Gasteiger partial charge is 0.508 e. The quantitative estimate of drug-likeness (QED) is 0.375. The van der Waals surface area contributed by atoms with Crippen LogP contribution in [0.1, 0.15) is 28.3 Å². The van der Waals surface area contributed by atoms with Gasteiger partial charge in [-0.25, -0.2) is 9.59 Å². The lowest BCUT2D eigenvalue weighted by atomic mass is 9.89. The molecule has 2 saturated heterocycles. The first-order valence-electron chi connectivity index (χ1n) is 14.3. The van der Waals surface area contributed by atoms with Crippen molar-refractivity contribution in [3.63, 3.8) is 0 Å². The van der Waals surface area contributed by atoms with Crippen LogP contribution in [0.3, 0.4) is 0 Å². The molecule has 45 heavy (non-hydrogen) atoms. The molecule has 2 aromatic carbocycles. The maximum Gasteiger partial charge on any atom is 0.490 e. The van der Waals surface area contributed by atoms with Gasteiger partial charge in [0, 0.05) is 61.9 Å². The van der Waals surface area contributed by atoms with Gasteiger partial charge in [0.2, 0.25) is 5.91 Å². The number of nitrogens with zero attached hydrogens (tertiary/aromatic N) is 4. The number of morpholine rings is 1. The smallest absolute Gasteiger partial charge is 0.490 e. The van der Waals surface area contributed by atoms with Crippen LogP contribution in [0, 0.1) is 0 Å². The minimum absolute atomic E-state index is 0.0308. The van der Waals surface area contributed by atoms with Crippen molar-refractivity contribution in [3.05, 3.63) is 71.4 Å². The van der Waals surface area contributed by atoms with Crippen LogP contribution in [-0.4, -0.2) is 107 Å². The van der Waals surface area contributed by atoms with Crippen molar-refractivity contribution in [2.45, 2.75) is 25.2 Å². The van der Waals surface area contributed by atoms with Crippen molar-refractivity contribution in [2.24, 2.45) is 0 Å². The summed E-state index contributed by atoms with van der Waals surface area (Å²) in [6.45, 7) is 9.75. The molecule has 3 amide bonds. The topological polar surface area (TPSA) is 125 Å². The predicted molar refractivity (Wildman–Crippen MR) is 157 cm³/mol. The number of carboxylic acids is 1. The Morgan fingerprint density at radius 2 is 1.76 bits per heavy atom. The summed E-state index contributed by atoms with van der Waals surface area (Å²) in [5, 5.41) is 17.8. The van der Waals surface area contributed by atoms with Crippen LogP contribution in [0.2, 0.25) is 0 Å². The molecule has 240 valence electrons. The van der Waals surface area contributed by atoms with E-state index in [0.717, 1.165) is 66.3 Å². The van der Waals surface area contributed by atoms with Gasteiger partial charge in [-0.3, -0.25) is 14.6 Å². The number of amides is 3. The minimum Gasteiger partial charge on any atom is -0.508 e. The highest BCUT2D eigenvalue weighted by Crippen LogP contribution is 2.41. The lowest BCUT2D eigenvalue weighted by Gasteiger charge is -2.41. The van der Waals surface area contributed by atoms with Crippen LogP contribution in [0.4, 0.5) is 18.0 Å². The zero-order valence-electron chi connectivity index (χ0n) is 24.5. The SMILES string of the molecule is C=C(O)c1ccc(Cn2c3c(c4cc(OCCN5CCOCC5)ccc42)[C@@H]2CN(C3)C(=O)N(C)C2=O)cc1.O=C(O)C(F)(F)F. The number of carbonyl (C=O) groups is 3. The van der Waals surface area contributed by atoms with Crippen molar-refractivity contribution in [2.75, 3.05) is 53.0 Å². The third-order valence-electron chi connectivity index (χ3n) is 8.11. The van der Waals surface area contributed by atoms with Gasteiger partial charge in [-0.05, 0) is 29.3 Å². The molecule has 2 bridgehead atoms. The first kappa shape index (κ1) is 31.9. The number of urea groups is 1. The molecule has 2 fully saturated rings. The number of aliphatic hydroxyl groups excluding tert-OH is 1. The number of imide groups is 1. The molecule has 0 unspecified atom stereocenters. The minimum atomic E-state index is -5.08. The number of likely N-dealkylation sites (N-methyl/N-ethyl adjacent to an activating group) is 1. The number of rotatable bonds is 7. The Hall–Kier alpha value is -4.56. The van der Waals surface area contributed by atoms with Crippen LogP contribution in [0.5, 0.6) is 5.75 Å². The van der Waals surface area contributed by atoms with E-state index in [0.29, 0.717) is 31.8 Å². The number of hydrogen-bond acceptors (Lipinski definition) is 7. The average Bonchev–Trinajstić information content (AvgIpc) is 3.31. The van der Waals surface area contributed by atoms with Gasteiger partial charge in [-0.2, -0.15) is 13.2 Å². The molecule has 0 spiro atoms. The van der Waals surface area contributed by atoms with E-state index in [1.54, 1.807) is 11.9 Å².